The summed E-state index contributed by atoms with van der Waals surface area (Å²) in [6.07, 6.45) is 7.76. The number of hydrogen-bond acceptors (Lipinski definition) is 2. The van der Waals surface area contributed by atoms with Crippen LogP contribution in [0.15, 0.2) is 10.9 Å². The van der Waals surface area contributed by atoms with Gasteiger partial charge in [0.2, 0.25) is 0 Å². The molecule has 0 saturated heterocycles. The Bertz CT molecular complexity index is 377. The lowest BCUT2D eigenvalue weighted by molar-refractivity contribution is 0.353. The van der Waals surface area contributed by atoms with Gasteiger partial charge >= 0.3 is 0 Å². The molecule has 0 aromatic carbocycles. The monoisotopic (exact) mass is 206 g/mol. The molecule has 3 heteroatoms. The molecule has 0 aliphatic heterocycles. The summed E-state index contributed by atoms with van der Waals surface area (Å²) in [5.74, 6) is 0.774. The van der Waals surface area contributed by atoms with Crippen molar-refractivity contribution >= 4 is 0 Å². The van der Waals surface area contributed by atoms with Crippen molar-refractivity contribution in [2.24, 2.45) is 5.92 Å². The molecule has 1 aromatic rings. The van der Waals surface area contributed by atoms with Gasteiger partial charge in [-0.25, -0.2) is 5.10 Å². The summed E-state index contributed by atoms with van der Waals surface area (Å²) >= 11 is 0. The molecule has 0 atom stereocenters. The molecule has 0 bridgehead atoms. The summed E-state index contributed by atoms with van der Waals surface area (Å²) in [6, 6.07) is 1.64. The molecule has 1 N–H and O–H groups in total. The molecule has 15 heavy (non-hydrogen) atoms. The quantitative estimate of drug-likeness (QED) is 0.806. The summed E-state index contributed by atoms with van der Waals surface area (Å²) in [7, 11) is 0. The van der Waals surface area contributed by atoms with E-state index in [9.17, 15) is 4.79 Å². The van der Waals surface area contributed by atoms with Crippen LogP contribution >= 0.6 is 0 Å². The molecule has 0 amide bonds. The number of aromatic nitrogens is 2. The zero-order valence-electron chi connectivity index (χ0n) is 9.25. The van der Waals surface area contributed by atoms with Gasteiger partial charge in [-0.05, 0) is 24.8 Å². The lowest BCUT2D eigenvalue weighted by Crippen LogP contribution is -2.15. The highest BCUT2D eigenvalue weighted by Gasteiger charge is 2.15. The Kier molecular flexibility index (Phi) is 3.19. The maximum atomic E-state index is 11.0. The van der Waals surface area contributed by atoms with Crippen molar-refractivity contribution in [3.8, 4) is 0 Å². The number of aromatic amines is 1. The third kappa shape index (κ3) is 2.67. The molecule has 0 unspecified atom stereocenters. The van der Waals surface area contributed by atoms with E-state index in [2.05, 4.69) is 10.2 Å². The largest absolute Gasteiger partial charge is 0.268 e. The van der Waals surface area contributed by atoms with Crippen LogP contribution in [0.2, 0.25) is 0 Å². The highest BCUT2D eigenvalue weighted by Crippen LogP contribution is 2.26. The van der Waals surface area contributed by atoms with Gasteiger partial charge < -0.3 is 0 Å². The average molecular weight is 206 g/mol. The average Bonchev–Trinajstić information content (AvgIpc) is 2.24. The predicted molar refractivity (Wildman–Crippen MR) is 59.9 cm³/mol. The topological polar surface area (TPSA) is 45.8 Å². The van der Waals surface area contributed by atoms with Crippen LogP contribution in [0.1, 0.15) is 43.4 Å². The van der Waals surface area contributed by atoms with E-state index in [-0.39, 0.29) is 5.56 Å². The standard InChI is InChI=1S/C12H18N2O/c1-9-7-12(15)14-13-11(9)8-10-5-3-2-4-6-10/h7,10H,2-6,8H2,1H3,(H,14,15). The molecule has 1 heterocycles. The lowest BCUT2D eigenvalue weighted by Gasteiger charge is -2.21. The molecule has 1 saturated carbocycles. The SMILES string of the molecule is Cc1cc(=O)[nH]nc1CC1CCCCC1. The van der Waals surface area contributed by atoms with Crippen molar-refractivity contribution in [3.05, 3.63) is 27.7 Å². The summed E-state index contributed by atoms with van der Waals surface area (Å²) in [5.41, 5.74) is 2.01. The second-order valence-electron chi connectivity index (χ2n) is 4.57. The van der Waals surface area contributed by atoms with Crippen molar-refractivity contribution in [1.82, 2.24) is 10.2 Å². The second-order valence-corrected chi connectivity index (χ2v) is 4.57. The normalized spacial score (nSPS) is 17.9. The van der Waals surface area contributed by atoms with Gasteiger partial charge in [0.1, 0.15) is 0 Å². The van der Waals surface area contributed by atoms with E-state index in [4.69, 9.17) is 0 Å². The van der Waals surface area contributed by atoms with Gasteiger partial charge in [0, 0.05) is 6.07 Å². The Balaban J connectivity index is 2.06. The molecule has 3 nitrogen and oxygen atoms in total. The van der Waals surface area contributed by atoms with Crippen molar-refractivity contribution in [2.75, 3.05) is 0 Å². The minimum atomic E-state index is -0.0973. The second kappa shape index (κ2) is 4.60. The minimum Gasteiger partial charge on any atom is -0.268 e. The van der Waals surface area contributed by atoms with Crippen LogP contribution < -0.4 is 5.56 Å². The van der Waals surface area contributed by atoms with Crippen LogP contribution in [0.25, 0.3) is 0 Å². The van der Waals surface area contributed by atoms with Crippen LogP contribution in [-0.2, 0) is 6.42 Å². The molecule has 2 rings (SSSR count). The molecule has 82 valence electrons. The zero-order chi connectivity index (χ0) is 10.7. The molecule has 0 spiro atoms. The first-order valence-corrected chi connectivity index (χ1v) is 5.81. The maximum Gasteiger partial charge on any atom is 0.264 e. The third-order valence-electron chi connectivity index (χ3n) is 3.31. The predicted octanol–water partition coefficient (Wildman–Crippen LogP) is 2.20. The van der Waals surface area contributed by atoms with Crippen molar-refractivity contribution in [1.29, 1.82) is 0 Å². The fourth-order valence-electron chi connectivity index (χ4n) is 2.39. The molecule has 1 aliphatic rings. The van der Waals surface area contributed by atoms with E-state index < -0.39 is 0 Å². The highest BCUT2D eigenvalue weighted by molar-refractivity contribution is 5.15. The van der Waals surface area contributed by atoms with Crippen molar-refractivity contribution < 1.29 is 0 Å². The fourth-order valence-corrected chi connectivity index (χ4v) is 2.39. The zero-order valence-corrected chi connectivity index (χ0v) is 9.25. The van der Waals surface area contributed by atoms with E-state index in [1.807, 2.05) is 6.92 Å². The Morgan fingerprint density at radius 3 is 2.80 bits per heavy atom. The fraction of sp³-hybridized carbons (Fsp3) is 0.667. The van der Waals surface area contributed by atoms with E-state index in [1.165, 1.54) is 32.1 Å². The first kappa shape index (κ1) is 10.4. The number of H-pyrrole nitrogens is 1. The van der Waals surface area contributed by atoms with Crippen LogP contribution in [-0.4, -0.2) is 10.2 Å². The van der Waals surface area contributed by atoms with E-state index >= 15 is 0 Å². The number of nitrogens with one attached hydrogen (secondary N) is 1. The highest BCUT2D eigenvalue weighted by atomic mass is 16.1. The summed E-state index contributed by atoms with van der Waals surface area (Å²) in [6.45, 7) is 1.97. The maximum absolute atomic E-state index is 11.0. The van der Waals surface area contributed by atoms with Crippen LogP contribution in [0.5, 0.6) is 0 Å². The van der Waals surface area contributed by atoms with Gasteiger partial charge in [-0.15, -0.1) is 0 Å². The molecule has 0 radical (unpaired) electrons. The molecule has 1 aromatic heterocycles. The Hall–Kier alpha value is -1.12. The number of aryl methyl sites for hydroxylation is 1. The smallest absolute Gasteiger partial charge is 0.264 e. The molecule has 1 fully saturated rings. The summed E-state index contributed by atoms with van der Waals surface area (Å²) in [5, 5.41) is 6.66. The van der Waals surface area contributed by atoms with Gasteiger partial charge in [-0.3, -0.25) is 4.79 Å². The van der Waals surface area contributed by atoms with Gasteiger partial charge in [-0.1, -0.05) is 32.1 Å². The Labute approximate surface area is 89.9 Å². The van der Waals surface area contributed by atoms with Gasteiger partial charge in [0.25, 0.3) is 5.56 Å². The van der Waals surface area contributed by atoms with Gasteiger partial charge in [0.15, 0.2) is 0 Å². The summed E-state index contributed by atoms with van der Waals surface area (Å²) in [4.78, 5) is 11.0. The van der Waals surface area contributed by atoms with Crippen LogP contribution in [0.4, 0.5) is 0 Å². The molecular formula is C12H18N2O. The van der Waals surface area contributed by atoms with E-state index in [0.29, 0.717) is 0 Å². The minimum absolute atomic E-state index is 0.0973. The number of hydrogen-bond donors (Lipinski definition) is 1. The molecule has 1 aliphatic carbocycles. The van der Waals surface area contributed by atoms with E-state index in [0.717, 1.165) is 23.6 Å². The van der Waals surface area contributed by atoms with Crippen molar-refractivity contribution in [3.63, 3.8) is 0 Å². The summed E-state index contributed by atoms with van der Waals surface area (Å²) < 4.78 is 0. The van der Waals surface area contributed by atoms with E-state index in [1.54, 1.807) is 6.07 Å². The Morgan fingerprint density at radius 1 is 1.40 bits per heavy atom. The number of rotatable bonds is 2. The van der Waals surface area contributed by atoms with Crippen LogP contribution in [0.3, 0.4) is 0 Å². The number of nitrogens with zero attached hydrogens (tertiary/aromatic N) is 1. The first-order chi connectivity index (χ1) is 7.25. The third-order valence-corrected chi connectivity index (χ3v) is 3.31. The lowest BCUT2D eigenvalue weighted by atomic mass is 9.85. The Morgan fingerprint density at radius 2 is 2.13 bits per heavy atom. The molecular weight excluding hydrogens is 188 g/mol. The van der Waals surface area contributed by atoms with Crippen LogP contribution in [0, 0.1) is 12.8 Å². The van der Waals surface area contributed by atoms with Gasteiger partial charge in [0.05, 0.1) is 5.69 Å². The first-order valence-electron chi connectivity index (χ1n) is 5.81. The van der Waals surface area contributed by atoms with Crippen molar-refractivity contribution in [2.45, 2.75) is 45.4 Å². The van der Waals surface area contributed by atoms with Gasteiger partial charge in [-0.2, -0.15) is 5.10 Å².